The monoisotopic (exact) mass is 327 g/mol. The van der Waals surface area contributed by atoms with Crippen LogP contribution >= 0.6 is 15.9 Å². The Morgan fingerprint density at radius 1 is 1.63 bits per heavy atom. The Hall–Kier alpha value is -0.980. The lowest BCUT2D eigenvalue weighted by atomic mass is 10.2. The maximum absolute atomic E-state index is 11.9. The first-order chi connectivity index (χ1) is 9.19. The van der Waals surface area contributed by atoms with Crippen molar-refractivity contribution in [3.8, 4) is 0 Å². The van der Waals surface area contributed by atoms with Crippen LogP contribution in [0.25, 0.3) is 0 Å². The van der Waals surface area contributed by atoms with E-state index in [0.29, 0.717) is 12.1 Å². The van der Waals surface area contributed by atoms with Crippen LogP contribution in [0.15, 0.2) is 22.9 Å². The molecule has 0 aliphatic carbocycles. The molecule has 2 heterocycles. The molecule has 1 aromatic rings. The average Bonchev–Trinajstić information content (AvgIpc) is 2.45. The molecule has 1 N–H and O–H groups in total. The molecule has 0 spiro atoms. The second-order valence-electron chi connectivity index (χ2n) is 4.49. The Morgan fingerprint density at radius 2 is 2.47 bits per heavy atom. The van der Waals surface area contributed by atoms with E-state index in [1.807, 2.05) is 0 Å². The molecule has 1 saturated heterocycles. The molecule has 0 radical (unpaired) electrons. The minimum atomic E-state index is -0.119. The van der Waals surface area contributed by atoms with E-state index in [1.165, 1.54) is 0 Å². The van der Waals surface area contributed by atoms with Crippen LogP contribution in [0.5, 0.6) is 0 Å². The molecule has 1 amide bonds. The van der Waals surface area contributed by atoms with E-state index in [4.69, 9.17) is 4.74 Å². The highest BCUT2D eigenvalue weighted by Crippen LogP contribution is 2.09. The summed E-state index contributed by atoms with van der Waals surface area (Å²) in [7, 11) is 0. The normalized spacial score (nSPS) is 20.2. The predicted molar refractivity (Wildman–Crippen MR) is 76.1 cm³/mol. The van der Waals surface area contributed by atoms with Crippen molar-refractivity contribution in [3.05, 3.63) is 28.5 Å². The van der Waals surface area contributed by atoms with Crippen molar-refractivity contribution in [2.75, 3.05) is 32.8 Å². The lowest BCUT2D eigenvalue weighted by Crippen LogP contribution is -2.47. The zero-order chi connectivity index (χ0) is 13.7. The largest absolute Gasteiger partial charge is 0.374 e. The molecule has 1 aliphatic rings. The molecule has 19 heavy (non-hydrogen) atoms. The summed E-state index contributed by atoms with van der Waals surface area (Å²) < 4.78 is 6.44. The Balaban J connectivity index is 1.83. The molecule has 1 unspecified atom stereocenters. The molecular weight excluding hydrogens is 310 g/mol. The first-order valence-corrected chi connectivity index (χ1v) is 7.21. The van der Waals surface area contributed by atoms with Crippen LogP contribution in [0.3, 0.4) is 0 Å². The molecule has 0 saturated carbocycles. The van der Waals surface area contributed by atoms with Crippen LogP contribution in [-0.4, -0.2) is 54.7 Å². The first-order valence-electron chi connectivity index (χ1n) is 6.41. The Bertz CT molecular complexity index is 442. The second kappa shape index (κ2) is 6.98. The van der Waals surface area contributed by atoms with E-state index in [1.54, 1.807) is 18.5 Å². The lowest BCUT2D eigenvalue weighted by Gasteiger charge is -2.32. The summed E-state index contributed by atoms with van der Waals surface area (Å²) in [6.45, 7) is 6.25. The summed E-state index contributed by atoms with van der Waals surface area (Å²) in [6.07, 6.45) is 3.28. The van der Waals surface area contributed by atoms with Crippen LogP contribution in [-0.2, 0) is 4.74 Å². The number of morpholine rings is 1. The zero-order valence-corrected chi connectivity index (χ0v) is 12.5. The van der Waals surface area contributed by atoms with E-state index >= 15 is 0 Å². The highest BCUT2D eigenvalue weighted by molar-refractivity contribution is 9.10. The lowest BCUT2D eigenvalue weighted by molar-refractivity contribution is -0.0246. The molecule has 0 aromatic carbocycles. The van der Waals surface area contributed by atoms with Gasteiger partial charge in [0.1, 0.15) is 0 Å². The van der Waals surface area contributed by atoms with E-state index < -0.39 is 0 Å². The quantitative estimate of drug-likeness (QED) is 0.905. The highest BCUT2D eigenvalue weighted by atomic mass is 79.9. The number of nitrogens with one attached hydrogen (secondary N) is 1. The molecule has 2 rings (SSSR count). The van der Waals surface area contributed by atoms with Gasteiger partial charge in [0.25, 0.3) is 5.91 Å². The molecule has 6 heteroatoms. The summed E-state index contributed by atoms with van der Waals surface area (Å²) in [4.78, 5) is 18.2. The molecule has 104 valence electrons. The van der Waals surface area contributed by atoms with Crippen molar-refractivity contribution in [1.29, 1.82) is 0 Å². The van der Waals surface area contributed by atoms with Crippen LogP contribution in [0.2, 0.25) is 0 Å². The van der Waals surface area contributed by atoms with Crippen molar-refractivity contribution in [2.45, 2.75) is 13.0 Å². The topological polar surface area (TPSA) is 54.5 Å². The van der Waals surface area contributed by atoms with Crippen molar-refractivity contribution >= 4 is 21.8 Å². The highest BCUT2D eigenvalue weighted by Gasteiger charge is 2.19. The van der Waals surface area contributed by atoms with Crippen molar-refractivity contribution < 1.29 is 9.53 Å². The summed E-state index contributed by atoms with van der Waals surface area (Å²) in [5.74, 6) is -0.119. The summed E-state index contributed by atoms with van der Waals surface area (Å²) in [5.41, 5.74) is 0.553. The van der Waals surface area contributed by atoms with Gasteiger partial charge in [-0.1, -0.05) is 6.92 Å². The number of nitrogens with zero attached hydrogens (tertiary/aromatic N) is 2. The van der Waals surface area contributed by atoms with Gasteiger partial charge in [-0.05, 0) is 28.5 Å². The number of ether oxygens (including phenoxy) is 1. The SMILES string of the molecule is CCN1CCOC(CNC(=O)c2cncc(Br)c2)C1. The number of halogens is 1. The van der Waals surface area contributed by atoms with E-state index in [0.717, 1.165) is 30.7 Å². The summed E-state index contributed by atoms with van der Waals surface area (Å²) in [5, 5.41) is 2.89. The maximum atomic E-state index is 11.9. The maximum Gasteiger partial charge on any atom is 0.252 e. The molecule has 1 aromatic heterocycles. The van der Waals surface area contributed by atoms with E-state index in [9.17, 15) is 4.79 Å². The van der Waals surface area contributed by atoms with Crippen molar-refractivity contribution in [1.82, 2.24) is 15.2 Å². The van der Waals surface area contributed by atoms with Crippen LogP contribution in [0, 0.1) is 0 Å². The molecule has 5 nitrogen and oxygen atoms in total. The number of likely N-dealkylation sites (N-methyl/N-ethyl adjacent to an activating group) is 1. The molecular formula is C13H18BrN3O2. The number of rotatable bonds is 4. The van der Waals surface area contributed by atoms with Gasteiger partial charge in [0.2, 0.25) is 0 Å². The Morgan fingerprint density at radius 3 is 3.21 bits per heavy atom. The third-order valence-corrected chi connectivity index (χ3v) is 3.56. The van der Waals surface area contributed by atoms with E-state index in [2.05, 4.69) is 38.1 Å². The van der Waals surface area contributed by atoms with Crippen molar-refractivity contribution in [2.24, 2.45) is 0 Å². The van der Waals surface area contributed by atoms with Gasteiger partial charge in [-0.15, -0.1) is 0 Å². The van der Waals surface area contributed by atoms with E-state index in [-0.39, 0.29) is 12.0 Å². The zero-order valence-electron chi connectivity index (χ0n) is 10.9. The van der Waals surface area contributed by atoms with Gasteiger partial charge < -0.3 is 10.1 Å². The van der Waals surface area contributed by atoms with Gasteiger partial charge in [0.15, 0.2) is 0 Å². The van der Waals surface area contributed by atoms with Gasteiger partial charge >= 0.3 is 0 Å². The number of aromatic nitrogens is 1. The number of amides is 1. The fourth-order valence-corrected chi connectivity index (χ4v) is 2.40. The number of carbonyl (C=O) groups is 1. The molecule has 0 bridgehead atoms. The number of hydrogen-bond acceptors (Lipinski definition) is 4. The van der Waals surface area contributed by atoms with Crippen LogP contribution < -0.4 is 5.32 Å². The van der Waals surface area contributed by atoms with Gasteiger partial charge in [-0.2, -0.15) is 0 Å². The minimum absolute atomic E-state index is 0.0674. The van der Waals surface area contributed by atoms with Gasteiger partial charge in [-0.3, -0.25) is 14.7 Å². The fraction of sp³-hybridized carbons (Fsp3) is 0.538. The standard InChI is InChI=1S/C13H18BrN3O2/c1-2-17-3-4-19-12(9-17)8-16-13(18)10-5-11(14)7-15-6-10/h5-7,12H,2-4,8-9H2,1H3,(H,16,18). The Labute approximate surface area is 121 Å². The number of hydrogen-bond donors (Lipinski definition) is 1. The van der Waals surface area contributed by atoms with Crippen LogP contribution in [0.1, 0.15) is 17.3 Å². The average molecular weight is 328 g/mol. The first kappa shape index (κ1) is 14.4. The third kappa shape index (κ3) is 4.26. The van der Waals surface area contributed by atoms with Gasteiger partial charge in [0, 0.05) is 36.5 Å². The summed E-state index contributed by atoms with van der Waals surface area (Å²) >= 11 is 3.30. The minimum Gasteiger partial charge on any atom is -0.374 e. The third-order valence-electron chi connectivity index (χ3n) is 3.13. The fourth-order valence-electron chi connectivity index (χ4n) is 2.04. The molecule has 1 atom stereocenters. The predicted octanol–water partition coefficient (Wildman–Crippen LogP) is 1.29. The smallest absolute Gasteiger partial charge is 0.252 e. The van der Waals surface area contributed by atoms with Crippen LogP contribution in [0.4, 0.5) is 0 Å². The van der Waals surface area contributed by atoms with Gasteiger partial charge in [-0.25, -0.2) is 0 Å². The number of carbonyl (C=O) groups excluding carboxylic acids is 1. The van der Waals surface area contributed by atoms with Gasteiger partial charge in [0.05, 0.1) is 18.3 Å². The van der Waals surface area contributed by atoms with Crippen molar-refractivity contribution in [3.63, 3.8) is 0 Å². The molecule has 1 aliphatic heterocycles. The second-order valence-corrected chi connectivity index (χ2v) is 5.40. The molecule has 1 fully saturated rings. The Kier molecular flexibility index (Phi) is 5.30. The summed E-state index contributed by atoms with van der Waals surface area (Å²) in [6, 6.07) is 1.75. The number of pyridine rings is 1.